The molecule has 1 aliphatic rings. The van der Waals surface area contributed by atoms with Crippen LogP contribution in [0.15, 0.2) is 42.5 Å². The molecule has 0 bridgehead atoms. The van der Waals surface area contributed by atoms with Gasteiger partial charge in [0, 0.05) is 11.8 Å². The van der Waals surface area contributed by atoms with Gasteiger partial charge in [-0.15, -0.1) is 0 Å². The summed E-state index contributed by atoms with van der Waals surface area (Å²) in [5.41, 5.74) is 3.52. The molecule has 0 saturated carbocycles. The number of phenols is 1. The van der Waals surface area contributed by atoms with Crippen LogP contribution in [0.2, 0.25) is 0 Å². The van der Waals surface area contributed by atoms with Crippen LogP contribution in [0.4, 0.5) is 0 Å². The van der Waals surface area contributed by atoms with E-state index in [0.717, 1.165) is 32.1 Å². The van der Waals surface area contributed by atoms with Crippen LogP contribution in [0.1, 0.15) is 82.9 Å². The first-order valence-corrected chi connectivity index (χ1v) is 10.4. The number of carbonyl (C=O) groups is 1. The molecule has 28 heavy (non-hydrogen) atoms. The molecule has 2 aromatic rings. The van der Waals surface area contributed by atoms with Crippen molar-refractivity contribution in [2.24, 2.45) is 0 Å². The molecule has 0 amide bonds. The van der Waals surface area contributed by atoms with Gasteiger partial charge in [-0.2, -0.15) is 0 Å². The Hall–Kier alpha value is -2.29. The Morgan fingerprint density at radius 1 is 1.00 bits per heavy atom. The minimum absolute atomic E-state index is 0.0324. The number of hydrogen-bond donors (Lipinski definition) is 1. The van der Waals surface area contributed by atoms with Crippen LogP contribution in [0.3, 0.4) is 0 Å². The predicted octanol–water partition coefficient (Wildman–Crippen LogP) is 6.26. The normalized spacial score (nSPS) is 20.0. The topological polar surface area (TPSA) is 46.5 Å². The average Bonchev–Trinajstić information content (AvgIpc) is 2.85. The maximum Gasteiger partial charge on any atom is 0.311 e. The summed E-state index contributed by atoms with van der Waals surface area (Å²) in [7, 11) is 0. The third-order valence-corrected chi connectivity index (χ3v) is 6.08. The number of ether oxygens (including phenoxy) is 1. The van der Waals surface area contributed by atoms with Gasteiger partial charge >= 0.3 is 5.97 Å². The molecule has 0 radical (unpaired) electrons. The summed E-state index contributed by atoms with van der Waals surface area (Å²) in [6.45, 7) is 8.92. The van der Waals surface area contributed by atoms with Crippen molar-refractivity contribution in [1.29, 1.82) is 0 Å². The van der Waals surface area contributed by atoms with E-state index in [1.54, 1.807) is 12.1 Å². The van der Waals surface area contributed by atoms with Gasteiger partial charge in [-0.3, -0.25) is 4.79 Å². The maximum atomic E-state index is 12.2. The van der Waals surface area contributed by atoms with Crippen molar-refractivity contribution < 1.29 is 14.6 Å². The quantitative estimate of drug-likeness (QED) is 0.350. The van der Waals surface area contributed by atoms with Crippen LogP contribution in [-0.2, 0) is 15.6 Å². The Kier molecular flexibility index (Phi) is 5.83. The van der Waals surface area contributed by atoms with E-state index in [1.807, 2.05) is 24.3 Å². The van der Waals surface area contributed by atoms with Gasteiger partial charge < -0.3 is 9.84 Å². The molecule has 3 nitrogen and oxygen atoms in total. The summed E-state index contributed by atoms with van der Waals surface area (Å²) in [6, 6.07) is 13.5. The number of hydrogen-bond acceptors (Lipinski definition) is 3. The highest BCUT2D eigenvalue weighted by Crippen LogP contribution is 2.53. The fraction of sp³-hybridized carbons (Fsp3) is 0.480. The van der Waals surface area contributed by atoms with E-state index in [-0.39, 0.29) is 22.5 Å². The number of rotatable bonds is 7. The highest BCUT2D eigenvalue weighted by molar-refractivity contribution is 5.72. The molecule has 1 aliphatic carbocycles. The fourth-order valence-corrected chi connectivity index (χ4v) is 4.67. The lowest BCUT2D eigenvalue weighted by Gasteiger charge is -2.28. The molecular weight excluding hydrogens is 348 g/mol. The van der Waals surface area contributed by atoms with E-state index in [9.17, 15) is 9.90 Å². The molecule has 0 heterocycles. The summed E-state index contributed by atoms with van der Waals surface area (Å²) in [6.07, 6.45) is 5.71. The summed E-state index contributed by atoms with van der Waals surface area (Å²) in [5, 5.41) is 9.67. The molecule has 2 aromatic carbocycles. The molecule has 150 valence electrons. The lowest BCUT2D eigenvalue weighted by Crippen LogP contribution is -2.23. The standard InChI is InChI=1S/C25H32O3/c1-5-6-7-8-9-23(27)28-20-14-15-21-22(16-20)25(4,17-24(21,2)3)18-10-12-19(26)13-11-18/h10-16,26H,5-9,17H2,1-4H3. The fourth-order valence-electron chi connectivity index (χ4n) is 4.67. The predicted molar refractivity (Wildman–Crippen MR) is 113 cm³/mol. The van der Waals surface area contributed by atoms with Crippen molar-refractivity contribution in [2.75, 3.05) is 0 Å². The van der Waals surface area contributed by atoms with Crippen molar-refractivity contribution in [3.05, 3.63) is 59.2 Å². The van der Waals surface area contributed by atoms with Crippen molar-refractivity contribution in [3.63, 3.8) is 0 Å². The van der Waals surface area contributed by atoms with Crippen LogP contribution >= 0.6 is 0 Å². The molecule has 0 aromatic heterocycles. The van der Waals surface area contributed by atoms with Gasteiger partial charge in [-0.05, 0) is 59.2 Å². The van der Waals surface area contributed by atoms with Crippen molar-refractivity contribution >= 4 is 5.97 Å². The lowest BCUT2D eigenvalue weighted by atomic mass is 9.75. The Morgan fingerprint density at radius 2 is 1.71 bits per heavy atom. The minimum atomic E-state index is -0.184. The molecule has 1 atom stereocenters. The molecule has 1 unspecified atom stereocenters. The SMILES string of the molecule is CCCCCCC(=O)Oc1ccc2c(c1)C(C)(c1ccc(O)cc1)CC2(C)C. The van der Waals surface area contributed by atoms with Gasteiger partial charge in [0.15, 0.2) is 0 Å². The molecule has 0 spiro atoms. The molecule has 3 heteroatoms. The van der Waals surface area contributed by atoms with E-state index in [2.05, 4.69) is 33.8 Å². The zero-order valence-corrected chi connectivity index (χ0v) is 17.5. The van der Waals surface area contributed by atoms with E-state index in [0.29, 0.717) is 12.2 Å². The van der Waals surface area contributed by atoms with Crippen LogP contribution in [0.5, 0.6) is 11.5 Å². The van der Waals surface area contributed by atoms with Crippen LogP contribution in [0.25, 0.3) is 0 Å². The van der Waals surface area contributed by atoms with E-state index >= 15 is 0 Å². The smallest absolute Gasteiger partial charge is 0.311 e. The van der Waals surface area contributed by atoms with Gasteiger partial charge in [-0.25, -0.2) is 0 Å². The second-order valence-electron chi connectivity index (χ2n) is 8.93. The van der Waals surface area contributed by atoms with Crippen LogP contribution < -0.4 is 4.74 Å². The third kappa shape index (κ3) is 4.09. The first-order chi connectivity index (χ1) is 13.3. The second kappa shape index (κ2) is 7.98. The molecule has 1 N–H and O–H groups in total. The molecule has 0 fully saturated rings. The van der Waals surface area contributed by atoms with Gasteiger partial charge in [0.05, 0.1) is 0 Å². The number of benzene rings is 2. The summed E-state index contributed by atoms with van der Waals surface area (Å²) >= 11 is 0. The Balaban J connectivity index is 1.86. The summed E-state index contributed by atoms with van der Waals surface area (Å²) in [4.78, 5) is 12.2. The first-order valence-electron chi connectivity index (χ1n) is 10.4. The highest BCUT2D eigenvalue weighted by Gasteiger charge is 2.45. The number of esters is 1. The van der Waals surface area contributed by atoms with Crippen molar-refractivity contribution in [3.8, 4) is 11.5 Å². The van der Waals surface area contributed by atoms with Crippen LogP contribution in [-0.4, -0.2) is 11.1 Å². The largest absolute Gasteiger partial charge is 0.508 e. The van der Waals surface area contributed by atoms with Crippen molar-refractivity contribution in [1.82, 2.24) is 0 Å². The van der Waals surface area contributed by atoms with E-state index < -0.39 is 0 Å². The van der Waals surface area contributed by atoms with E-state index in [4.69, 9.17) is 4.74 Å². The lowest BCUT2D eigenvalue weighted by molar-refractivity contribution is -0.134. The number of unbranched alkanes of at least 4 members (excludes halogenated alkanes) is 3. The minimum Gasteiger partial charge on any atom is -0.508 e. The van der Waals surface area contributed by atoms with E-state index in [1.165, 1.54) is 16.7 Å². The number of phenolic OH excluding ortho intramolecular Hbond substituents is 1. The zero-order valence-electron chi connectivity index (χ0n) is 17.5. The molecule has 3 rings (SSSR count). The number of carbonyl (C=O) groups excluding carboxylic acids is 1. The molecule has 0 aliphatic heterocycles. The monoisotopic (exact) mass is 380 g/mol. The van der Waals surface area contributed by atoms with Gasteiger partial charge in [0.25, 0.3) is 0 Å². The maximum absolute atomic E-state index is 12.2. The molecule has 0 saturated heterocycles. The summed E-state index contributed by atoms with van der Waals surface area (Å²) < 4.78 is 5.66. The van der Waals surface area contributed by atoms with Gasteiger partial charge in [0.2, 0.25) is 0 Å². The number of fused-ring (bicyclic) bond motifs is 1. The average molecular weight is 381 g/mol. The molecular formula is C25H32O3. The summed E-state index contributed by atoms with van der Waals surface area (Å²) in [5.74, 6) is 0.747. The van der Waals surface area contributed by atoms with Gasteiger partial charge in [-0.1, -0.05) is 65.2 Å². The second-order valence-corrected chi connectivity index (χ2v) is 8.93. The van der Waals surface area contributed by atoms with Crippen LogP contribution in [0, 0.1) is 0 Å². The zero-order chi connectivity index (χ0) is 20.4. The van der Waals surface area contributed by atoms with Crippen molar-refractivity contribution in [2.45, 2.75) is 77.0 Å². The number of aromatic hydroxyl groups is 1. The third-order valence-electron chi connectivity index (χ3n) is 6.08. The Labute approximate surface area is 168 Å². The first kappa shape index (κ1) is 20.4. The van der Waals surface area contributed by atoms with Gasteiger partial charge in [0.1, 0.15) is 11.5 Å². The Morgan fingerprint density at radius 3 is 2.39 bits per heavy atom. The Bertz CT molecular complexity index is 835. The highest BCUT2D eigenvalue weighted by atomic mass is 16.5.